The number of aromatic nitrogens is 2. The van der Waals surface area contributed by atoms with Gasteiger partial charge in [0.05, 0.1) is 11.6 Å². The molecule has 18 heavy (non-hydrogen) atoms. The Hall–Kier alpha value is -1.57. The standard InChI is InChI=1S/C13H10ClN3S/c1-9-6-16-13(17-7-9)18-8-11-3-2-10(5-15)4-12(11)14/h2-4,6-7H,8H2,1H3. The predicted molar refractivity (Wildman–Crippen MR) is 72.5 cm³/mol. The van der Waals surface area contributed by atoms with Crippen LogP contribution in [-0.2, 0) is 5.75 Å². The van der Waals surface area contributed by atoms with Gasteiger partial charge in [-0.25, -0.2) is 9.97 Å². The highest BCUT2D eigenvalue weighted by atomic mass is 35.5. The van der Waals surface area contributed by atoms with E-state index in [4.69, 9.17) is 16.9 Å². The van der Waals surface area contributed by atoms with Crippen molar-refractivity contribution < 1.29 is 0 Å². The monoisotopic (exact) mass is 275 g/mol. The number of halogens is 1. The molecule has 0 aliphatic heterocycles. The van der Waals surface area contributed by atoms with Crippen molar-refractivity contribution in [2.45, 2.75) is 17.8 Å². The molecule has 0 N–H and O–H groups in total. The van der Waals surface area contributed by atoms with E-state index in [2.05, 4.69) is 16.0 Å². The van der Waals surface area contributed by atoms with E-state index in [1.54, 1.807) is 24.5 Å². The third-order valence-corrected chi connectivity index (χ3v) is 3.57. The second-order valence-corrected chi connectivity index (χ2v) is 5.10. The molecule has 2 aromatic rings. The van der Waals surface area contributed by atoms with Gasteiger partial charge in [-0.3, -0.25) is 0 Å². The average Bonchev–Trinajstić information content (AvgIpc) is 2.39. The van der Waals surface area contributed by atoms with E-state index in [0.717, 1.165) is 16.3 Å². The van der Waals surface area contributed by atoms with Crippen LogP contribution >= 0.6 is 23.4 Å². The number of hydrogen-bond acceptors (Lipinski definition) is 4. The molecular formula is C13H10ClN3S. The number of hydrogen-bond donors (Lipinski definition) is 0. The first-order chi connectivity index (χ1) is 8.69. The number of nitriles is 1. The van der Waals surface area contributed by atoms with Crippen LogP contribution in [0.3, 0.4) is 0 Å². The molecule has 2 rings (SSSR count). The molecule has 0 radical (unpaired) electrons. The Kier molecular flexibility index (Phi) is 4.19. The summed E-state index contributed by atoms with van der Waals surface area (Å²) < 4.78 is 0. The minimum absolute atomic E-state index is 0.570. The van der Waals surface area contributed by atoms with Crippen molar-refractivity contribution in [3.05, 3.63) is 52.3 Å². The SMILES string of the molecule is Cc1cnc(SCc2ccc(C#N)cc2Cl)nc1. The molecule has 0 atom stereocenters. The van der Waals surface area contributed by atoms with Crippen LogP contribution in [-0.4, -0.2) is 9.97 Å². The van der Waals surface area contributed by atoms with Crippen LogP contribution in [0.2, 0.25) is 5.02 Å². The predicted octanol–water partition coefficient (Wildman–Crippen LogP) is 3.60. The lowest BCUT2D eigenvalue weighted by atomic mass is 10.2. The summed E-state index contributed by atoms with van der Waals surface area (Å²) in [7, 11) is 0. The summed E-state index contributed by atoms with van der Waals surface area (Å²) in [6, 6.07) is 7.36. The third-order valence-electron chi connectivity index (χ3n) is 2.30. The normalized spacial score (nSPS) is 10.1. The van der Waals surface area contributed by atoms with Crippen LogP contribution in [0.25, 0.3) is 0 Å². The quantitative estimate of drug-likeness (QED) is 0.634. The van der Waals surface area contributed by atoms with Crippen molar-refractivity contribution in [2.24, 2.45) is 0 Å². The highest BCUT2D eigenvalue weighted by Gasteiger charge is 2.04. The topological polar surface area (TPSA) is 49.6 Å². The lowest BCUT2D eigenvalue weighted by Crippen LogP contribution is -1.89. The Balaban J connectivity index is 2.06. The fourth-order valence-electron chi connectivity index (χ4n) is 1.33. The molecule has 1 heterocycles. The zero-order valence-electron chi connectivity index (χ0n) is 9.72. The second kappa shape index (κ2) is 5.85. The number of thioether (sulfide) groups is 1. The van der Waals surface area contributed by atoms with Crippen LogP contribution in [0.15, 0.2) is 35.7 Å². The van der Waals surface area contributed by atoms with Gasteiger partial charge in [0.1, 0.15) is 0 Å². The van der Waals surface area contributed by atoms with Gasteiger partial charge in [0.15, 0.2) is 5.16 Å². The molecule has 0 aliphatic rings. The van der Waals surface area contributed by atoms with E-state index in [-0.39, 0.29) is 0 Å². The first-order valence-corrected chi connectivity index (χ1v) is 6.65. The Morgan fingerprint density at radius 2 is 2.06 bits per heavy atom. The number of benzene rings is 1. The first kappa shape index (κ1) is 12.9. The minimum atomic E-state index is 0.570. The van der Waals surface area contributed by atoms with Crippen molar-refractivity contribution in [3.63, 3.8) is 0 Å². The molecule has 90 valence electrons. The van der Waals surface area contributed by atoms with Crippen molar-refractivity contribution in [1.29, 1.82) is 5.26 Å². The molecule has 3 nitrogen and oxygen atoms in total. The minimum Gasteiger partial charge on any atom is -0.231 e. The lowest BCUT2D eigenvalue weighted by molar-refractivity contribution is 0.949. The van der Waals surface area contributed by atoms with E-state index in [1.165, 1.54) is 11.8 Å². The maximum atomic E-state index is 8.75. The number of nitrogens with zero attached hydrogens (tertiary/aromatic N) is 3. The highest BCUT2D eigenvalue weighted by molar-refractivity contribution is 7.98. The second-order valence-electron chi connectivity index (χ2n) is 3.75. The number of rotatable bonds is 3. The molecule has 0 aliphatic carbocycles. The largest absolute Gasteiger partial charge is 0.231 e. The van der Waals surface area contributed by atoms with Gasteiger partial charge in [0, 0.05) is 23.2 Å². The molecular weight excluding hydrogens is 266 g/mol. The molecule has 0 spiro atoms. The van der Waals surface area contributed by atoms with Gasteiger partial charge in [-0.05, 0) is 30.2 Å². The van der Waals surface area contributed by atoms with Gasteiger partial charge in [-0.15, -0.1) is 0 Å². The first-order valence-electron chi connectivity index (χ1n) is 5.29. The molecule has 1 aromatic carbocycles. The Morgan fingerprint density at radius 3 is 2.67 bits per heavy atom. The van der Waals surface area contributed by atoms with Gasteiger partial charge in [-0.1, -0.05) is 29.4 Å². The Labute approximate surface area is 115 Å². The van der Waals surface area contributed by atoms with Crippen molar-refractivity contribution >= 4 is 23.4 Å². The molecule has 1 aromatic heterocycles. The maximum Gasteiger partial charge on any atom is 0.187 e. The van der Waals surface area contributed by atoms with Crippen LogP contribution in [0, 0.1) is 18.3 Å². The zero-order chi connectivity index (χ0) is 13.0. The van der Waals surface area contributed by atoms with Gasteiger partial charge < -0.3 is 0 Å². The third kappa shape index (κ3) is 3.22. The smallest absolute Gasteiger partial charge is 0.187 e. The highest BCUT2D eigenvalue weighted by Crippen LogP contribution is 2.25. The molecule has 0 amide bonds. The van der Waals surface area contributed by atoms with Gasteiger partial charge >= 0.3 is 0 Å². The van der Waals surface area contributed by atoms with Gasteiger partial charge in [0.2, 0.25) is 0 Å². The Bertz CT molecular complexity index is 590. The van der Waals surface area contributed by atoms with Crippen LogP contribution in [0.1, 0.15) is 16.7 Å². The van der Waals surface area contributed by atoms with E-state index in [9.17, 15) is 0 Å². The summed E-state index contributed by atoms with van der Waals surface area (Å²) in [5.74, 6) is 0.688. The fraction of sp³-hybridized carbons (Fsp3) is 0.154. The van der Waals surface area contributed by atoms with E-state index in [0.29, 0.717) is 16.3 Å². The molecule has 0 unspecified atom stereocenters. The molecule has 0 bridgehead atoms. The Morgan fingerprint density at radius 1 is 1.33 bits per heavy atom. The van der Waals surface area contributed by atoms with Gasteiger partial charge in [-0.2, -0.15) is 5.26 Å². The average molecular weight is 276 g/mol. The van der Waals surface area contributed by atoms with E-state index >= 15 is 0 Å². The number of aryl methyl sites for hydroxylation is 1. The van der Waals surface area contributed by atoms with E-state index < -0.39 is 0 Å². The fourth-order valence-corrected chi connectivity index (χ4v) is 2.45. The summed E-state index contributed by atoms with van der Waals surface area (Å²) in [5, 5.41) is 10.1. The summed E-state index contributed by atoms with van der Waals surface area (Å²) in [4.78, 5) is 8.43. The molecule has 5 heteroatoms. The summed E-state index contributed by atoms with van der Waals surface area (Å²) in [6.45, 7) is 1.95. The summed E-state index contributed by atoms with van der Waals surface area (Å²) >= 11 is 7.61. The van der Waals surface area contributed by atoms with Crippen molar-refractivity contribution in [2.75, 3.05) is 0 Å². The molecule has 0 fully saturated rings. The van der Waals surface area contributed by atoms with Crippen LogP contribution < -0.4 is 0 Å². The van der Waals surface area contributed by atoms with Crippen LogP contribution in [0.5, 0.6) is 0 Å². The van der Waals surface area contributed by atoms with Gasteiger partial charge in [0.25, 0.3) is 0 Å². The van der Waals surface area contributed by atoms with Crippen LogP contribution in [0.4, 0.5) is 0 Å². The zero-order valence-corrected chi connectivity index (χ0v) is 11.3. The lowest BCUT2D eigenvalue weighted by Gasteiger charge is -2.03. The maximum absolute atomic E-state index is 8.75. The summed E-state index contributed by atoms with van der Waals surface area (Å²) in [6.07, 6.45) is 3.57. The van der Waals surface area contributed by atoms with Crippen molar-refractivity contribution in [1.82, 2.24) is 9.97 Å². The summed E-state index contributed by atoms with van der Waals surface area (Å²) in [5.41, 5.74) is 2.58. The van der Waals surface area contributed by atoms with E-state index in [1.807, 2.05) is 13.0 Å². The molecule has 0 saturated carbocycles. The molecule has 0 saturated heterocycles. The van der Waals surface area contributed by atoms with Crippen molar-refractivity contribution in [3.8, 4) is 6.07 Å².